The van der Waals surface area contributed by atoms with Crippen LogP contribution in [0.15, 0.2) is 46.9 Å². The van der Waals surface area contributed by atoms with Gasteiger partial charge in [0.1, 0.15) is 11.6 Å². The highest BCUT2D eigenvalue weighted by atomic mass is 79.9. The summed E-state index contributed by atoms with van der Waals surface area (Å²) in [6, 6.07) is 10.5. The first-order valence-electron chi connectivity index (χ1n) is 5.52. The van der Waals surface area contributed by atoms with Crippen molar-refractivity contribution in [2.75, 3.05) is 0 Å². The Morgan fingerprint density at radius 3 is 2.44 bits per heavy atom. The molecule has 0 saturated heterocycles. The molecule has 1 nitrogen and oxygen atoms in total. The van der Waals surface area contributed by atoms with Gasteiger partial charge < -0.3 is 5.73 Å². The van der Waals surface area contributed by atoms with Gasteiger partial charge in [-0.05, 0) is 30.2 Å². The van der Waals surface area contributed by atoms with Crippen LogP contribution < -0.4 is 5.73 Å². The summed E-state index contributed by atoms with van der Waals surface area (Å²) in [5.74, 6) is -0.696. The van der Waals surface area contributed by atoms with Crippen LogP contribution in [-0.4, -0.2) is 0 Å². The molecule has 2 aromatic rings. The zero-order valence-corrected chi connectivity index (χ0v) is 11.1. The second-order valence-electron chi connectivity index (χ2n) is 4.07. The predicted octanol–water partition coefficient (Wildman–Crippen LogP) is 3.97. The Balaban J connectivity index is 2.22. The lowest BCUT2D eigenvalue weighted by atomic mass is 9.99. The molecule has 2 rings (SSSR count). The monoisotopic (exact) mass is 311 g/mol. The minimum absolute atomic E-state index is 0.269. The molecule has 0 bridgehead atoms. The van der Waals surface area contributed by atoms with E-state index >= 15 is 0 Å². The quantitative estimate of drug-likeness (QED) is 0.912. The van der Waals surface area contributed by atoms with Crippen LogP contribution in [-0.2, 0) is 6.42 Å². The minimum atomic E-state index is -0.560. The van der Waals surface area contributed by atoms with E-state index in [1.807, 2.05) is 0 Å². The van der Waals surface area contributed by atoms with Crippen LogP contribution in [0.4, 0.5) is 8.78 Å². The number of hydrogen-bond donors (Lipinski definition) is 1. The number of benzene rings is 2. The van der Waals surface area contributed by atoms with Gasteiger partial charge in [0.2, 0.25) is 0 Å². The third-order valence-electron chi connectivity index (χ3n) is 2.76. The van der Waals surface area contributed by atoms with Gasteiger partial charge in [0.15, 0.2) is 0 Å². The maximum absolute atomic E-state index is 13.7. The smallest absolute Gasteiger partial charge is 0.129 e. The van der Waals surface area contributed by atoms with Gasteiger partial charge >= 0.3 is 0 Å². The van der Waals surface area contributed by atoms with Gasteiger partial charge in [-0.1, -0.05) is 40.2 Å². The van der Waals surface area contributed by atoms with Crippen molar-refractivity contribution >= 4 is 15.9 Å². The molecule has 0 spiro atoms. The second-order valence-corrected chi connectivity index (χ2v) is 4.98. The topological polar surface area (TPSA) is 26.0 Å². The van der Waals surface area contributed by atoms with Gasteiger partial charge in [-0.2, -0.15) is 0 Å². The summed E-state index contributed by atoms with van der Waals surface area (Å²) in [6.07, 6.45) is 0.269. The molecule has 94 valence electrons. The molecule has 0 fully saturated rings. The van der Waals surface area contributed by atoms with Crippen LogP contribution in [0.5, 0.6) is 0 Å². The zero-order chi connectivity index (χ0) is 13.1. The number of rotatable bonds is 3. The summed E-state index contributed by atoms with van der Waals surface area (Å²) < 4.78 is 27.8. The summed E-state index contributed by atoms with van der Waals surface area (Å²) in [4.78, 5) is 0. The molecule has 2 aromatic carbocycles. The van der Waals surface area contributed by atoms with Crippen LogP contribution >= 0.6 is 15.9 Å². The third kappa shape index (κ3) is 2.94. The summed E-state index contributed by atoms with van der Waals surface area (Å²) in [5.41, 5.74) is 6.81. The molecule has 0 aromatic heterocycles. The molecule has 0 aliphatic rings. The van der Waals surface area contributed by atoms with E-state index in [1.54, 1.807) is 30.3 Å². The molecule has 0 amide bonds. The van der Waals surface area contributed by atoms with Crippen molar-refractivity contribution in [1.82, 2.24) is 0 Å². The van der Waals surface area contributed by atoms with Crippen molar-refractivity contribution in [3.63, 3.8) is 0 Å². The fourth-order valence-electron chi connectivity index (χ4n) is 1.81. The van der Waals surface area contributed by atoms with E-state index in [2.05, 4.69) is 15.9 Å². The Morgan fingerprint density at radius 2 is 1.78 bits per heavy atom. The van der Waals surface area contributed by atoms with E-state index in [1.165, 1.54) is 12.1 Å². The number of hydrogen-bond acceptors (Lipinski definition) is 1. The van der Waals surface area contributed by atoms with Crippen molar-refractivity contribution in [2.24, 2.45) is 5.73 Å². The molecule has 0 heterocycles. The van der Waals surface area contributed by atoms with E-state index in [-0.39, 0.29) is 18.1 Å². The van der Waals surface area contributed by atoms with Gasteiger partial charge in [-0.3, -0.25) is 0 Å². The average Bonchev–Trinajstić information content (AvgIpc) is 2.32. The molecule has 1 atom stereocenters. The summed E-state index contributed by atoms with van der Waals surface area (Å²) in [6.45, 7) is 0. The van der Waals surface area contributed by atoms with Crippen molar-refractivity contribution in [1.29, 1.82) is 0 Å². The molecular weight excluding hydrogens is 300 g/mol. The Labute approximate surface area is 113 Å². The summed E-state index contributed by atoms with van der Waals surface area (Å²) in [5, 5.41) is 0. The van der Waals surface area contributed by atoms with Crippen molar-refractivity contribution in [3.8, 4) is 0 Å². The molecule has 2 N–H and O–H groups in total. The normalized spacial score (nSPS) is 12.4. The van der Waals surface area contributed by atoms with Crippen LogP contribution in [0.3, 0.4) is 0 Å². The average molecular weight is 312 g/mol. The van der Waals surface area contributed by atoms with Gasteiger partial charge in [0.05, 0.1) is 0 Å². The minimum Gasteiger partial charge on any atom is -0.324 e. The van der Waals surface area contributed by atoms with E-state index in [4.69, 9.17) is 5.73 Å². The van der Waals surface area contributed by atoms with Crippen molar-refractivity contribution in [3.05, 3.63) is 69.7 Å². The standard InChI is InChI=1S/C14H12BrF2N/c15-10-5-6-11(13(17)8-10)14(18)7-9-3-1-2-4-12(9)16/h1-6,8,14H,7,18H2. The SMILES string of the molecule is NC(Cc1ccccc1F)c1ccc(Br)cc1F. The zero-order valence-electron chi connectivity index (χ0n) is 9.54. The first kappa shape index (κ1) is 13.2. The van der Waals surface area contributed by atoms with E-state index in [0.29, 0.717) is 15.6 Å². The van der Waals surface area contributed by atoms with Crippen LogP contribution in [0, 0.1) is 11.6 Å². The number of halogens is 3. The molecule has 18 heavy (non-hydrogen) atoms. The van der Waals surface area contributed by atoms with Gasteiger partial charge in [0, 0.05) is 16.1 Å². The van der Waals surface area contributed by atoms with Crippen LogP contribution in [0.1, 0.15) is 17.2 Å². The van der Waals surface area contributed by atoms with Crippen LogP contribution in [0.2, 0.25) is 0 Å². The first-order valence-corrected chi connectivity index (χ1v) is 6.31. The lowest BCUT2D eigenvalue weighted by molar-refractivity contribution is 0.563. The second kappa shape index (κ2) is 5.59. The van der Waals surface area contributed by atoms with Gasteiger partial charge in [0.25, 0.3) is 0 Å². The molecule has 0 saturated carbocycles. The largest absolute Gasteiger partial charge is 0.324 e. The Morgan fingerprint density at radius 1 is 1.06 bits per heavy atom. The van der Waals surface area contributed by atoms with Gasteiger partial charge in [-0.15, -0.1) is 0 Å². The predicted molar refractivity (Wildman–Crippen MR) is 71.1 cm³/mol. The Kier molecular flexibility index (Phi) is 4.09. The lowest BCUT2D eigenvalue weighted by Crippen LogP contribution is -2.15. The highest BCUT2D eigenvalue weighted by molar-refractivity contribution is 9.10. The fourth-order valence-corrected chi connectivity index (χ4v) is 2.15. The Bertz CT molecular complexity index is 557. The maximum atomic E-state index is 13.7. The summed E-state index contributed by atoms with van der Waals surface area (Å²) in [7, 11) is 0. The molecule has 1 unspecified atom stereocenters. The van der Waals surface area contributed by atoms with Crippen LogP contribution in [0.25, 0.3) is 0 Å². The molecule has 0 aliphatic carbocycles. The van der Waals surface area contributed by atoms with E-state index < -0.39 is 6.04 Å². The summed E-state index contributed by atoms with van der Waals surface area (Å²) >= 11 is 3.18. The van der Waals surface area contributed by atoms with E-state index in [9.17, 15) is 8.78 Å². The lowest BCUT2D eigenvalue weighted by Gasteiger charge is -2.13. The molecule has 0 aliphatic heterocycles. The highest BCUT2D eigenvalue weighted by Gasteiger charge is 2.14. The third-order valence-corrected chi connectivity index (χ3v) is 3.25. The molecule has 0 radical (unpaired) electrons. The van der Waals surface area contributed by atoms with E-state index in [0.717, 1.165) is 0 Å². The first-order chi connectivity index (χ1) is 8.58. The highest BCUT2D eigenvalue weighted by Crippen LogP contribution is 2.23. The van der Waals surface area contributed by atoms with Crippen molar-refractivity contribution in [2.45, 2.75) is 12.5 Å². The van der Waals surface area contributed by atoms with Crippen molar-refractivity contribution < 1.29 is 8.78 Å². The molecule has 4 heteroatoms. The van der Waals surface area contributed by atoms with Gasteiger partial charge in [-0.25, -0.2) is 8.78 Å². The molecular formula is C14H12BrF2N. The number of nitrogens with two attached hydrogens (primary N) is 1. The Hall–Kier alpha value is -1.26. The fraction of sp³-hybridized carbons (Fsp3) is 0.143. The maximum Gasteiger partial charge on any atom is 0.129 e.